The summed E-state index contributed by atoms with van der Waals surface area (Å²) in [6.45, 7) is 2.02. The molecule has 22 heavy (non-hydrogen) atoms. The summed E-state index contributed by atoms with van der Waals surface area (Å²) in [7, 11) is 0. The molecule has 3 N–H and O–H groups in total. The molecular formula is C17H20N2O3. The molecule has 1 fully saturated rings. The second-order valence-electron chi connectivity index (χ2n) is 6.04. The van der Waals surface area contributed by atoms with Crippen LogP contribution in [0.5, 0.6) is 0 Å². The molecule has 1 amide bonds. The van der Waals surface area contributed by atoms with Gasteiger partial charge in [0.05, 0.1) is 12.3 Å². The number of benzene rings is 1. The van der Waals surface area contributed by atoms with Crippen molar-refractivity contribution in [2.24, 2.45) is 5.92 Å². The summed E-state index contributed by atoms with van der Waals surface area (Å²) in [5.74, 6) is -1.37. The van der Waals surface area contributed by atoms with Gasteiger partial charge in [-0.05, 0) is 37.0 Å². The largest absolute Gasteiger partial charge is 0.481 e. The average molecular weight is 300 g/mol. The number of fused-ring (bicyclic) bond motifs is 1. The van der Waals surface area contributed by atoms with Gasteiger partial charge < -0.3 is 15.4 Å². The van der Waals surface area contributed by atoms with Crippen LogP contribution in [-0.4, -0.2) is 28.0 Å². The standard InChI is InChI=1S/C17H20N2O3/c1-10-4-2-7-14-16(10)11(9-18-14)8-15(20)19-13-6-3-5-12(13)17(21)22/h2,4,7,9,12-13,18H,3,5-6,8H2,1H3,(H,19,20)(H,21,22)/t12-,13+/m0/s1. The number of carboxylic acids is 1. The molecule has 0 saturated heterocycles. The molecule has 1 aromatic heterocycles. The van der Waals surface area contributed by atoms with Crippen LogP contribution in [0.3, 0.4) is 0 Å². The van der Waals surface area contributed by atoms with Crippen LogP contribution in [-0.2, 0) is 16.0 Å². The van der Waals surface area contributed by atoms with Gasteiger partial charge in [0, 0.05) is 23.1 Å². The highest BCUT2D eigenvalue weighted by Gasteiger charge is 2.33. The smallest absolute Gasteiger partial charge is 0.308 e. The third-order valence-corrected chi connectivity index (χ3v) is 4.53. The number of carboxylic acid groups (broad SMARTS) is 1. The fraction of sp³-hybridized carbons (Fsp3) is 0.412. The van der Waals surface area contributed by atoms with Crippen molar-refractivity contribution >= 4 is 22.8 Å². The maximum Gasteiger partial charge on any atom is 0.308 e. The lowest BCUT2D eigenvalue weighted by atomic mass is 10.0. The van der Waals surface area contributed by atoms with Gasteiger partial charge in [-0.3, -0.25) is 9.59 Å². The topological polar surface area (TPSA) is 82.2 Å². The molecule has 5 nitrogen and oxygen atoms in total. The van der Waals surface area contributed by atoms with Crippen LogP contribution < -0.4 is 5.32 Å². The number of hydrogen-bond donors (Lipinski definition) is 3. The molecule has 3 rings (SSSR count). The minimum atomic E-state index is -0.814. The fourth-order valence-corrected chi connectivity index (χ4v) is 3.45. The van der Waals surface area contributed by atoms with E-state index in [1.807, 2.05) is 31.3 Å². The Morgan fingerprint density at radius 1 is 1.36 bits per heavy atom. The van der Waals surface area contributed by atoms with Gasteiger partial charge in [-0.1, -0.05) is 18.6 Å². The van der Waals surface area contributed by atoms with E-state index in [1.54, 1.807) is 0 Å². The van der Waals surface area contributed by atoms with Crippen LogP contribution in [0.25, 0.3) is 10.9 Å². The van der Waals surface area contributed by atoms with E-state index in [1.165, 1.54) is 0 Å². The van der Waals surface area contributed by atoms with E-state index in [0.717, 1.165) is 34.9 Å². The predicted octanol–water partition coefficient (Wildman–Crippen LogP) is 2.39. The quantitative estimate of drug-likeness (QED) is 0.811. The molecule has 0 unspecified atom stereocenters. The zero-order valence-corrected chi connectivity index (χ0v) is 12.6. The van der Waals surface area contributed by atoms with Gasteiger partial charge in [0.2, 0.25) is 5.91 Å². The number of rotatable bonds is 4. The molecule has 116 valence electrons. The summed E-state index contributed by atoms with van der Waals surface area (Å²) < 4.78 is 0. The molecule has 0 spiro atoms. The molecule has 0 radical (unpaired) electrons. The number of aromatic amines is 1. The molecule has 0 bridgehead atoms. The second-order valence-corrected chi connectivity index (χ2v) is 6.04. The number of nitrogens with one attached hydrogen (secondary N) is 2. The number of carbonyl (C=O) groups is 2. The van der Waals surface area contributed by atoms with E-state index < -0.39 is 11.9 Å². The average Bonchev–Trinajstić information content (AvgIpc) is 3.07. The maximum atomic E-state index is 12.3. The summed E-state index contributed by atoms with van der Waals surface area (Å²) in [4.78, 5) is 26.6. The SMILES string of the molecule is Cc1cccc2[nH]cc(CC(=O)N[C@@H]3CCC[C@@H]3C(=O)O)c12. The van der Waals surface area contributed by atoms with E-state index >= 15 is 0 Å². The lowest BCUT2D eigenvalue weighted by Gasteiger charge is -2.17. The third-order valence-electron chi connectivity index (χ3n) is 4.53. The van der Waals surface area contributed by atoms with Crippen molar-refractivity contribution in [3.8, 4) is 0 Å². The van der Waals surface area contributed by atoms with Gasteiger partial charge in [0.15, 0.2) is 0 Å². The molecule has 0 aliphatic heterocycles. The van der Waals surface area contributed by atoms with Crippen molar-refractivity contribution in [3.05, 3.63) is 35.5 Å². The molecule has 2 atom stereocenters. The second kappa shape index (κ2) is 5.83. The first-order valence-corrected chi connectivity index (χ1v) is 7.64. The summed E-state index contributed by atoms with van der Waals surface area (Å²) in [5.41, 5.74) is 3.10. The van der Waals surface area contributed by atoms with Crippen molar-refractivity contribution in [2.75, 3.05) is 0 Å². The molecule has 1 saturated carbocycles. The van der Waals surface area contributed by atoms with Gasteiger partial charge in [-0.15, -0.1) is 0 Å². The Balaban J connectivity index is 1.72. The normalized spacial score (nSPS) is 21.1. The summed E-state index contributed by atoms with van der Waals surface area (Å²) in [6.07, 6.45) is 4.38. The van der Waals surface area contributed by atoms with Crippen LogP contribution in [0.1, 0.15) is 30.4 Å². The first kappa shape index (κ1) is 14.6. The van der Waals surface area contributed by atoms with Gasteiger partial charge in [-0.2, -0.15) is 0 Å². The van der Waals surface area contributed by atoms with E-state index in [2.05, 4.69) is 10.3 Å². The Bertz CT molecular complexity index is 720. The maximum absolute atomic E-state index is 12.3. The van der Waals surface area contributed by atoms with Gasteiger partial charge in [0.25, 0.3) is 0 Å². The molecule has 5 heteroatoms. The monoisotopic (exact) mass is 300 g/mol. The highest BCUT2D eigenvalue weighted by Crippen LogP contribution is 2.26. The Morgan fingerprint density at radius 2 is 2.18 bits per heavy atom. The Hall–Kier alpha value is -2.30. The van der Waals surface area contributed by atoms with Crippen molar-refractivity contribution in [1.82, 2.24) is 10.3 Å². The van der Waals surface area contributed by atoms with Crippen LogP contribution >= 0.6 is 0 Å². The Labute approximate surface area is 128 Å². The lowest BCUT2D eigenvalue weighted by Crippen LogP contribution is -2.40. The van der Waals surface area contributed by atoms with Crippen LogP contribution in [0.2, 0.25) is 0 Å². The minimum Gasteiger partial charge on any atom is -0.481 e. The van der Waals surface area contributed by atoms with Crippen molar-refractivity contribution in [1.29, 1.82) is 0 Å². The number of H-pyrrole nitrogens is 1. The number of carbonyl (C=O) groups excluding carboxylic acids is 1. The molecule has 2 aromatic rings. The number of aromatic nitrogens is 1. The highest BCUT2D eigenvalue weighted by atomic mass is 16.4. The summed E-state index contributed by atoms with van der Waals surface area (Å²) >= 11 is 0. The summed E-state index contributed by atoms with van der Waals surface area (Å²) in [5, 5.41) is 13.2. The highest BCUT2D eigenvalue weighted by molar-refractivity contribution is 5.91. The molecule has 1 aromatic carbocycles. The third kappa shape index (κ3) is 2.71. The van der Waals surface area contributed by atoms with Crippen molar-refractivity contribution < 1.29 is 14.7 Å². The van der Waals surface area contributed by atoms with Gasteiger partial charge in [0.1, 0.15) is 0 Å². The number of amides is 1. The van der Waals surface area contributed by atoms with E-state index in [-0.39, 0.29) is 18.4 Å². The molecule has 1 aliphatic rings. The van der Waals surface area contributed by atoms with Crippen molar-refractivity contribution in [3.63, 3.8) is 0 Å². The Kier molecular flexibility index (Phi) is 3.88. The van der Waals surface area contributed by atoms with E-state index in [4.69, 9.17) is 0 Å². The minimum absolute atomic E-state index is 0.109. The predicted molar refractivity (Wildman–Crippen MR) is 83.6 cm³/mol. The molecular weight excluding hydrogens is 280 g/mol. The van der Waals surface area contributed by atoms with Crippen LogP contribution in [0.4, 0.5) is 0 Å². The number of hydrogen-bond acceptors (Lipinski definition) is 2. The Morgan fingerprint density at radius 3 is 2.95 bits per heavy atom. The van der Waals surface area contributed by atoms with E-state index in [0.29, 0.717) is 6.42 Å². The molecule has 1 heterocycles. The van der Waals surface area contributed by atoms with Gasteiger partial charge in [-0.25, -0.2) is 0 Å². The van der Waals surface area contributed by atoms with Crippen LogP contribution in [0, 0.1) is 12.8 Å². The lowest BCUT2D eigenvalue weighted by molar-refractivity contribution is -0.142. The first-order chi connectivity index (χ1) is 10.6. The summed E-state index contributed by atoms with van der Waals surface area (Å²) in [6, 6.07) is 5.75. The fourth-order valence-electron chi connectivity index (χ4n) is 3.45. The van der Waals surface area contributed by atoms with Crippen molar-refractivity contribution in [2.45, 2.75) is 38.6 Å². The first-order valence-electron chi connectivity index (χ1n) is 7.64. The van der Waals surface area contributed by atoms with E-state index in [9.17, 15) is 14.7 Å². The van der Waals surface area contributed by atoms with Gasteiger partial charge >= 0.3 is 5.97 Å². The number of aliphatic carboxylic acids is 1. The number of aryl methyl sites for hydroxylation is 1. The van der Waals surface area contributed by atoms with Crippen LogP contribution in [0.15, 0.2) is 24.4 Å². The molecule has 1 aliphatic carbocycles. The zero-order chi connectivity index (χ0) is 15.7. The zero-order valence-electron chi connectivity index (χ0n) is 12.6.